The highest BCUT2D eigenvalue weighted by Gasteiger charge is 2.21. The van der Waals surface area contributed by atoms with Crippen LogP contribution in [0.2, 0.25) is 0 Å². The summed E-state index contributed by atoms with van der Waals surface area (Å²) in [4.78, 5) is 26.7. The second-order valence-electron chi connectivity index (χ2n) is 7.75. The van der Waals surface area contributed by atoms with Crippen LogP contribution in [-0.4, -0.2) is 57.1 Å². The van der Waals surface area contributed by atoms with E-state index in [0.717, 1.165) is 26.1 Å². The first-order valence-electron chi connectivity index (χ1n) is 10.6. The average Bonchev–Trinajstić information content (AvgIpc) is 2.78. The summed E-state index contributed by atoms with van der Waals surface area (Å²) < 4.78 is 10.7. The third-order valence-corrected chi connectivity index (χ3v) is 5.54. The fourth-order valence-electron chi connectivity index (χ4n) is 4.06. The number of likely N-dealkylation sites (tertiary alicyclic amines) is 1. The lowest BCUT2D eigenvalue weighted by Crippen LogP contribution is -2.40. The van der Waals surface area contributed by atoms with Crippen molar-refractivity contribution in [2.75, 3.05) is 45.7 Å². The number of amides is 2. The maximum atomic E-state index is 12.7. The van der Waals surface area contributed by atoms with Gasteiger partial charge in [-0.1, -0.05) is 30.3 Å². The molecular formula is C24H31N3O4. The molecule has 2 amide bonds. The van der Waals surface area contributed by atoms with Gasteiger partial charge >= 0.3 is 0 Å². The molecule has 0 aromatic heterocycles. The Bertz CT molecular complexity index is 901. The summed E-state index contributed by atoms with van der Waals surface area (Å²) in [5.74, 6) is 0.840. The summed E-state index contributed by atoms with van der Waals surface area (Å²) in [6, 6.07) is 13.8. The zero-order valence-corrected chi connectivity index (χ0v) is 18.4. The minimum atomic E-state index is -0.254. The van der Waals surface area contributed by atoms with Gasteiger partial charge in [-0.05, 0) is 43.0 Å². The van der Waals surface area contributed by atoms with Gasteiger partial charge in [-0.15, -0.1) is 0 Å². The molecule has 166 valence electrons. The number of rotatable bonds is 8. The molecule has 1 atom stereocenters. The summed E-state index contributed by atoms with van der Waals surface area (Å²) >= 11 is 0. The molecule has 0 bridgehead atoms. The Morgan fingerprint density at radius 1 is 1.13 bits per heavy atom. The molecule has 0 radical (unpaired) electrons. The molecule has 1 aliphatic rings. The molecule has 1 unspecified atom stereocenters. The van der Waals surface area contributed by atoms with Gasteiger partial charge in [0.25, 0.3) is 5.91 Å². The predicted molar refractivity (Wildman–Crippen MR) is 121 cm³/mol. The van der Waals surface area contributed by atoms with Crippen molar-refractivity contribution in [2.24, 2.45) is 0 Å². The summed E-state index contributed by atoms with van der Waals surface area (Å²) in [5.41, 5.74) is 2.19. The highest BCUT2D eigenvalue weighted by Crippen LogP contribution is 2.36. The van der Waals surface area contributed by atoms with Gasteiger partial charge in [-0.2, -0.15) is 0 Å². The molecule has 7 nitrogen and oxygen atoms in total. The van der Waals surface area contributed by atoms with Crippen LogP contribution in [0, 0.1) is 0 Å². The number of benzene rings is 2. The summed E-state index contributed by atoms with van der Waals surface area (Å²) in [6.07, 6.45) is 2.35. The van der Waals surface area contributed by atoms with Gasteiger partial charge < -0.3 is 25.0 Å². The Balaban J connectivity index is 1.59. The number of ether oxygens (including phenoxy) is 2. The largest absolute Gasteiger partial charge is 0.493 e. The Kier molecular flexibility index (Phi) is 7.89. The zero-order chi connectivity index (χ0) is 22.2. The maximum Gasteiger partial charge on any atom is 0.251 e. The molecule has 3 rings (SSSR count). The highest BCUT2D eigenvalue weighted by molar-refractivity contribution is 5.99. The SMILES string of the molecule is COc1cc(C(=O)NCCN2CCCC(c3ccccc3)C2)cc(NC(C)=O)c1OC. The van der Waals surface area contributed by atoms with Gasteiger partial charge in [-0.3, -0.25) is 9.59 Å². The third kappa shape index (κ3) is 5.98. The van der Waals surface area contributed by atoms with Crippen molar-refractivity contribution in [1.29, 1.82) is 0 Å². The Labute approximate surface area is 183 Å². The second kappa shape index (κ2) is 10.8. The number of hydrogen-bond donors (Lipinski definition) is 2. The lowest BCUT2D eigenvalue weighted by Gasteiger charge is -2.33. The molecule has 0 spiro atoms. The molecule has 1 saturated heterocycles. The van der Waals surface area contributed by atoms with Gasteiger partial charge in [0, 0.05) is 32.1 Å². The number of hydrogen-bond acceptors (Lipinski definition) is 5. The van der Waals surface area contributed by atoms with E-state index in [9.17, 15) is 9.59 Å². The second-order valence-corrected chi connectivity index (χ2v) is 7.75. The molecule has 7 heteroatoms. The lowest BCUT2D eigenvalue weighted by atomic mass is 9.91. The topological polar surface area (TPSA) is 79.9 Å². The van der Waals surface area contributed by atoms with Crippen LogP contribution in [0.4, 0.5) is 5.69 Å². The molecule has 2 N–H and O–H groups in total. The Morgan fingerprint density at radius 3 is 2.58 bits per heavy atom. The first-order chi connectivity index (χ1) is 15.0. The van der Waals surface area contributed by atoms with Crippen molar-refractivity contribution in [3.05, 3.63) is 53.6 Å². The van der Waals surface area contributed by atoms with Crippen molar-refractivity contribution in [1.82, 2.24) is 10.2 Å². The summed E-state index contributed by atoms with van der Waals surface area (Å²) in [5, 5.41) is 5.67. The first-order valence-corrected chi connectivity index (χ1v) is 10.6. The molecule has 0 aliphatic carbocycles. The monoisotopic (exact) mass is 425 g/mol. The number of carbonyl (C=O) groups is 2. The minimum Gasteiger partial charge on any atom is -0.493 e. The standard InChI is InChI=1S/C24H31N3O4/c1-17(28)26-21-14-20(15-22(30-2)23(21)31-3)24(29)25-11-13-27-12-7-10-19(16-27)18-8-5-4-6-9-18/h4-6,8-9,14-15,19H,7,10-13,16H2,1-3H3,(H,25,29)(H,26,28). The Hall–Kier alpha value is -3.06. The van der Waals surface area contributed by atoms with Gasteiger partial charge in [-0.25, -0.2) is 0 Å². The molecule has 1 heterocycles. The molecule has 2 aromatic carbocycles. The van der Waals surface area contributed by atoms with Crippen LogP contribution in [0.3, 0.4) is 0 Å². The van der Waals surface area contributed by atoms with Crippen LogP contribution in [0.15, 0.2) is 42.5 Å². The average molecular weight is 426 g/mol. The number of methoxy groups -OCH3 is 2. The summed E-state index contributed by atoms with van der Waals surface area (Å²) in [6.45, 7) is 4.79. The third-order valence-electron chi connectivity index (χ3n) is 5.54. The van der Waals surface area contributed by atoms with Crippen molar-refractivity contribution in [3.8, 4) is 11.5 Å². The van der Waals surface area contributed by atoms with E-state index < -0.39 is 0 Å². The van der Waals surface area contributed by atoms with Crippen LogP contribution in [0.25, 0.3) is 0 Å². The highest BCUT2D eigenvalue weighted by atomic mass is 16.5. The van der Waals surface area contributed by atoms with Gasteiger partial charge in [0.1, 0.15) is 0 Å². The number of anilines is 1. The van der Waals surface area contributed by atoms with E-state index in [1.165, 1.54) is 33.1 Å². The molecule has 31 heavy (non-hydrogen) atoms. The smallest absolute Gasteiger partial charge is 0.251 e. The lowest BCUT2D eigenvalue weighted by molar-refractivity contribution is -0.114. The predicted octanol–water partition coefficient (Wildman–Crippen LogP) is 3.27. The van der Waals surface area contributed by atoms with Crippen LogP contribution in [0.5, 0.6) is 11.5 Å². The van der Waals surface area contributed by atoms with Gasteiger partial charge in [0.15, 0.2) is 11.5 Å². The van der Waals surface area contributed by atoms with E-state index in [4.69, 9.17) is 9.47 Å². The molecular weight excluding hydrogens is 394 g/mol. The van der Waals surface area contributed by atoms with E-state index in [-0.39, 0.29) is 11.8 Å². The van der Waals surface area contributed by atoms with Crippen LogP contribution >= 0.6 is 0 Å². The van der Waals surface area contributed by atoms with Crippen molar-refractivity contribution < 1.29 is 19.1 Å². The van der Waals surface area contributed by atoms with E-state index in [1.54, 1.807) is 12.1 Å². The maximum absolute atomic E-state index is 12.7. The first kappa shape index (κ1) is 22.6. The fraction of sp³-hybridized carbons (Fsp3) is 0.417. The number of nitrogens with one attached hydrogen (secondary N) is 2. The quantitative estimate of drug-likeness (QED) is 0.679. The molecule has 2 aromatic rings. The fourth-order valence-corrected chi connectivity index (χ4v) is 4.06. The number of nitrogens with zero attached hydrogens (tertiary/aromatic N) is 1. The van der Waals surface area contributed by atoms with Gasteiger partial charge in [0.05, 0.1) is 19.9 Å². The Morgan fingerprint density at radius 2 is 1.90 bits per heavy atom. The van der Waals surface area contributed by atoms with Crippen LogP contribution in [0.1, 0.15) is 41.6 Å². The normalized spacial score (nSPS) is 16.4. The zero-order valence-electron chi connectivity index (χ0n) is 18.4. The van der Waals surface area contributed by atoms with Crippen molar-refractivity contribution in [2.45, 2.75) is 25.7 Å². The van der Waals surface area contributed by atoms with Crippen molar-refractivity contribution >= 4 is 17.5 Å². The van der Waals surface area contributed by atoms with E-state index in [2.05, 4.69) is 39.8 Å². The van der Waals surface area contributed by atoms with Crippen LogP contribution < -0.4 is 20.1 Å². The summed E-state index contributed by atoms with van der Waals surface area (Å²) in [7, 11) is 2.99. The molecule has 1 aliphatic heterocycles. The van der Waals surface area contributed by atoms with Crippen molar-refractivity contribution in [3.63, 3.8) is 0 Å². The molecule has 1 fully saturated rings. The van der Waals surface area contributed by atoms with E-state index >= 15 is 0 Å². The minimum absolute atomic E-state index is 0.218. The van der Waals surface area contributed by atoms with Crippen LogP contribution in [-0.2, 0) is 4.79 Å². The number of carbonyl (C=O) groups excluding carboxylic acids is 2. The van der Waals surface area contributed by atoms with E-state index in [0.29, 0.717) is 35.2 Å². The number of piperidine rings is 1. The molecule has 0 saturated carbocycles. The van der Waals surface area contributed by atoms with Gasteiger partial charge in [0.2, 0.25) is 5.91 Å². The van der Waals surface area contributed by atoms with E-state index in [1.807, 2.05) is 6.07 Å².